The normalized spacial score (nSPS) is 33.2. The molecule has 2 aromatic rings. The van der Waals surface area contributed by atoms with Crippen LogP contribution in [0, 0.1) is 35.4 Å². The Morgan fingerprint density at radius 1 is 1.20 bits per heavy atom. The number of esters is 1. The van der Waals surface area contributed by atoms with Gasteiger partial charge in [0.15, 0.2) is 0 Å². The van der Waals surface area contributed by atoms with Crippen molar-refractivity contribution in [2.45, 2.75) is 25.9 Å². The zero-order valence-electron chi connectivity index (χ0n) is 17.0. The second-order valence-electron chi connectivity index (χ2n) is 8.77. The van der Waals surface area contributed by atoms with Crippen LogP contribution in [0.4, 0.5) is 4.39 Å². The minimum atomic E-state index is -0.253. The maximum atomic E-state index is 13.5. The molecule has 0 radical (unpaired) electrons. The van der Waals surface area contributed by atoms with Crippen molar-refractivity contribution in [1.29, 1.82) is 0 Å². The van der Waals surface area contributed by atoms with Crippen LogP contribution in [0.2, 0.25) is 0 Å². The molecular formula is C25H26FNO3. The van der Waals surface area contributed by atoms with E-state index < -0.39 is 0 Å². The summed E-state index contributed by atoms with van der Waals surface area (Å²) >= 11 is 0. The predicted octanol–water partition coefficient (Wildman–Crippen LogP) is 4.75. The molecule has 0 N–H and O–H groups in total. The van der Waals surface area contributed by atoms with E-state index in [1.54, 1.807) is 12.3 Å². The Morgan fingerprint density at radius 3 is 2.90 bits per heavy atom. The zero-order valence-corrected chi connectivity index (χ0v) is 17.0. The van der Waals surface area contributed by atoms with Crippen LogP contribution in [-0.4, -0.2) is 30.3 Å². The Hall–Kier alpha value is -2.53. The lowest BCUT2D eigenvalue weighted by Crippen LogP contribution is -2.45. The highest BCUT2D eigenvalue weighted by Crippen LogP contribution is 2.51. The standard InChI is InChI=1S/C25H26FNO3/c1-15-24-22(21-9-10-29-14-18(21)12-23(24)25(28)30-15)8-7-20-6-5-17(13-27-20)16-3-2-4-19(26)11-16/h2-8,11,13,15,18,21-24H,9-10,12,14H2,1H3/b8-7+/t15-,18-,21-,22+,23-,24+/m1/s1. The summed E-state index contributed by atoms with van der Waals surface area (Å²) < 4.78 is 24.8. The van der Waals surface area contributed by atoms with Crippen molar-refractivity contribution in [2.75, 3.05) is 13.2 Å². The van der Waals surface area contributed by atoms with Crippen molar-refractivity contribution in [3.8, 4) is 11.1 Å². The quantitative estimate of drug-likeness (QED) is 0.689. The number of hydrogen-bond donors (Lipinski definition) is 0. The Kier molecular flexibility index (Phi) is 5.15. The van der Waals surface area contributed by atoms with Crippen molar-refractivity contribution in [3.63, 3.8) is 0 Å². The molecule has 1 aliphatic carbocycles. The van der Waals surface area contributed by atoms with Gasteiger partial charge in [0, 0.05) is 30.9 Å². The first-order valence-corrected chi connectivity index (χ1v) is 10.8. The molecule has 30 heavy (non-hydrogen) atoms. The van der Waals surface area contributed by atoms with E-state index in [2.05, 4.69) is 17.1 Å². The van der Waals surface area contributed by atoms with Crippen molar-refractivity contribution < 1.29 is 18.7 Å². The van der Waals surface area contributed by atoms with Crippen molar-refractivity contribution in [3.05, 3.63) is 60.2 Å². The van der Waals surface area contributed by atoms with Crippen LogP contribution < -0.4 is 0 Å². The van der Waals surface area contributed by atoms with E-state index in [1.165, 1.54) is 12.1 Å². The second-order valence-corrected chi connectivity index (χ2v) is 8.77. The van der Waals surface area contributed by atoms with Crippen molar-refractivity contribution >= 4 is 12.0 Å². The molecule has 1 aromatic heterocycles. The highest BCUT2D eigenvalue weighted by Gasteiger charge is 2.54. The zero-order chi connectivity index (χ0) is 20.7. The number of carbonyl (C=O) groups excluding carboxylic acids is 1. The number of hydrogen-bond acceptors (Lipinski definition) is 4. The summed E-state index contributed by atoms with van der Waals surface area (Å²) in [6.45, 7) is 3.54. The topological polar surface area (TPSA) is 48.4 Å². The molecule has 6 atom stereocenters. The summed E-state index contributed by atoms with van der Waals surface area (Å²) in [7, 11) is 0. The summed E-state index contributed by atoms with van der Waals surface area (Å²) in [4.78, 5) is 16.9. The van der Waals surface area contributed by atoms with Gasteiger partial charge < -0.3 is 9.47 Å². The first kappa shape index (κ1) is 19.4. The minimum Gasteiger partial charge on any atom is -0.462 e. The highest BCUT2D eigenvalue weighted by atomic mass is 19.1. The molecule has 0 unspecified atom stereocenters. The molecule has 0 bridgehead atoms. The first-order chi connectivity index (χ1) is 14.6. The fourth-order valence-corrected chi connectivity index (χ4v) is 5.67. The van der Waals surface area contributed by atoms with E-state index >= 15 is 0 Å². The lowest BCUT2D eigenvalue weighted by Gasteiger charge is -2.45. The third-order valence-electron chi connectivity index (χ3n) is 7.07. The van der Waals surface area contributed by atoms with Gasteiger partial charge in [0.05, 0.1) is 11.6 Å². The average Bonchev–Trinajstić information content (AvgIpc) is 3.05. The van der Waals surface area contributed by atoms with E-state index in [1.807, 2.05) is 25.1 Å². The van der Waals surface area contributed by atoms with Gasteiger partial charge in [-0.25, -0.2) is 4.39 Å². The van der Waals surface area contributed by atoms with Gasteiger partial charge in [0.2, 0.25) is 0 Å². The fourth-order valence-electron chi connectivity index (χ4n) is 5.67. The number of cyclic esters (lactones) is 1. The molecule has 1 saturated carbocycles. The molecule has 4 nitrogen and oxygen atoms in total. The SMILES string of the molecule is C[C@H]1OC(=O)[C@@H]2C[C@@H]3COCC[C@H]3[C@H](/C=C/c3ccc(-c4cccc(F)c4)cn3)[C@H]12. The smallest absolute Gasteiger partial charge is 0.309 e. The van der Waals surface area contributed by atoms with Gasteiger partial charge in [0.25, 0.3) is 0 Å². The molecule has 3 fully saturated rings. The molecule has 1 aromatic carbocycles. The maximum absolute atomic E-state index is 13.5. The van der Waals surface area contributed by atoms with Gasteiger partial charge in [0.1, 0.15) is 11.9 Å². The monoisotopic (exact) mass is 407 g/mol. The molecule has 0 amide bonds. The van der Waals surface area contributed by atoms with E-state index in [9.17, 15) is 9.18 Å². The maximum Gasteiger partial charge on any atom is 0.309 e. The molecule has 3 aliphatic rings. The van der Waals surface area contributed by atoms with Crippen LogP contribution in [0.1, 0.15) is 25.5 Å². The fraction of sp³-hybridized carbons (Fsp3) is 0.440. The first-order valence-electron chi connectivity index (χ1n) is 10.8. The lowest BCUT2D eigenvalue weighted by molar-refractivity contribution is -0.144. The highest BCUT2D eigenvalue weighted by molar-refractivity contribution is 5.75. The number of allylic oxidation sites excluding steroid dienone is 1. The molecule has 5 rings (SSSR count). The Morgan fingerprint density at radius 2 is 2.10 bits per heavy atom. The minimum absolute atomic E-state index is 0.0269. The van der Waals surface area contributed by atoms with E-state index in [0.717, 1.165) is 42.9 Å². The summed E-state index contributed by atoms with van der Waals surface area (Å²) in [5, 5.41) is 0. The summed E-state index contributed by atoms with van der Waals surface area (Å²) in [6.07, 6.45) is 7.93. The van der Waals surface area contributed by atoms with E-state index in [-0.39, 0.29) is 35.6 Å². The summed E-state index contributed by atoms with van der Waals surface area (Å²) in [5.74, 6) is 1.10. The van der Waals surface area contributed by atoms with Crippen LogP contribution in [0.15, 0.2) is 48.7 Å². The van der Waals surface area contributed by atoms with Crippen LogP contribution in [0.5, 0.6) is 0 Å². The molecule has 156 valence electrons. The van der Waals surface area contributed by atoms with Crippen LogP contribution >= 0.6 is 0 Å². The Bertz CT molecular complexity index is 957. The molecule has 2 saturated heterocycles. The number of fused-ring (bicyclic) bond motifs is 2. The largest absolute Gasteiger partial charge is 0.462 e. The Labute approximate surface area is 176 Å². The number of halogens is 1. The van der Waals surface area contributed by atoms with Crippen LogP contribution in [0.3, 0.4) is 0 Å². The number of pyridine rings is 1. The van der Waals surface area contributed by atoms with E-state index in [0.29, 0.717) is 11.8 Å². The average molecular weight is 407 g/mol. The number of carbonyl (C=O) groups is 1. The van der Waals surface area contributed by atoms with Crippen LogP contribution in [0.25, 0.3) is 17.2 Å². The summed E-state index contributed by atoms with van der Waals surface area (Å²) in [5.41, 5.74) is 2.56. The molecular weight excluding hydrogens is 381 g/mol. The molecule has 0 spiro atoms. The number of ether oxygens (including phenoxy) is 2. The number of aromatic nitrogens is 1. The molecule has 3 heterocycles. The van der Waals surface area contributed by atoms with Gasteiger partial charge in [-0.2, -0.15) is 0 Å². The number of nitrogens with zero attached hydrogens (tertiary/aromatic N) is 1. The van der Waals surface area contributed by atoms with Crippen molar-refractivity contribution in [1.82, 2.24) is 4.98 Å². The third kappa shape index (κ3) is 3.56. The molecule has 2 aliphatic heterocycles. The van der Waals surface area contributed by atoms with Gasteiger partial charge in [-0.05, 0) is 67.4 Å². The van der Waals surface area contributed by atoms with Crippen LogP contribution in [-0.2, 0) is 14.3 Å². The van der Waals surface area contributed by atoms with Gasteiger partial charge in [-0.1, -0.05) is 24.3 Å². The van der Waals surface area contributed by atoms with Gasteiger partial charge >= 0.3 is 5.97 Å². The molecule has 5 heteroatoms. The van der Waals surface area contributed by atoms with E-state index in [4.69, 9.17) is 9.47 Å². The number of rotatable bonds is 3. The lowest BCUT2D eigenvalue weighted by atomic mass is 9.60. The Balaban J connectivity index is 1.39. The predicted molar refractivity (Wildman–Crippen MR) is 112 cm³/mol. The number of benzene rings is 1. The third-order valence-corrected chi connectivity index (χ3v) is 7.07. The summed E-state index contributed by atoms with van der Waals surface area (Å²) in [6, 6.07) is 10.5. The van der Waals surface area contributed by atoms with Gasteiger partial charge in [-0.15, -0.1) is 0 Å². The van der Waals surface area contributed by atoms with Crippen molar-refractivity contribution in [2.24, 2.45) is 29.6 Å². The van der Waals surface area contributed by atoms with Gasteiger partial charge in [-0.3, -0.25) is 9.78 Å². The second kappa shape index (κ2) is 7.95.